The zero-order valence-electron chi connectivity index (χ0n) is 17.7. The van der Waals surface area contributed by atoms with Crippen LogP contribution in [0.25, 0.3) is 0 Å². The summed E-state index contributed by atoms with van der Waals surface area (Å²) in [4.78, 5) is 15.0. The fraction of sp³-hybridized carbons (Fsp3) is 0.696. The van der Waals surface area contributed by atoms with Crippen molar-refractivity contribution in [2.45, 2.75) is 65.2 Å². The molecule has 28 heavy (non-hydrogen) atoms. The highest BCUT2D eigenvalue weighted by atomic mass is 35.5. The van der Waals surface area contributed by atoms with Crippen LogP contribution in [0.1, 0.15) is 74.7 Å². The van der Waals surface area contributed by atoms with E-state index in [2.05, 4.69) is 18.7 Å². The average molecular weight is 412 g/mol. The van der Waals surface area contributed by atoms with Crippen LogP contribution in [0.2, 0.25) is 0 Å². The highest BCUT2D eigenvalue weighted by Gasteiger charge is 2.14. The van der Waals surface area contributed by atoms with E-state index < -0.39 is 0 Å². The van der Waals surface area contributed by atoms with Crippen LogP contribution in [-0.2, 0) is 11.2 Å². The maximum atomic E-state index is 12.6. The molecule has 0 aromatic heterocycles. The number of halogens is 1. The topological polar surface area (TPSA) is 38.8 Å². The summed E-state index contributed by atoms with van der Waals surface area (Å²) in [5.41, 5.74) is 1.95. The molecule has 0 aliphatic carbocycles. The Morgan fingerprint density at radius 2 is 1.79 bits per heavy atom. The number of rotatable bonds is 13. The second kappa shape index (κ2) is 14.8. The molecule has 0 saturated carbocycles. The Morgan fingerprint density at radius 1 is 1.04 bits per heavy atom. The largest absolute Gasteiger partial charge is 0.493 e. The summed E-state index contributed by atoms with van der Waals surface area (Å²) < 4.78 is 11.4. The molecule has 0 N–H and O–H groups in total. The lowest BCUT2D eigenvalue weighted by molar-refractivity contribution is 0.0958. The monoisotopic (exact) mass is 411 g/mol. The summed E-state index contributed by atoms with van der Waals surface area (Å²) in [5, 5.41) is 0. The van der Waals surface area contributed by atoms with Gasteiger partial charge in [-0.1, -0.05) is 20.3 Å². The number of Topliss-reactive ketones (excluding diaryl/α,β-unsaturated/α-hetero) is 1. The molecule has 0 amide bonds. The maximum Gasteiger partial charge on any atom is 0.164 e. The van der Waals surface area contributed by atoms with Crippen molar-refractivity contribution in [2.75, 3.05) is 39.5 Å². The van der Waals surface area contributed by atoms with Crippen LogP contribution >= 0.6 is 12.4 Å². The first-order valence-electron chi connectivity index (χ1n) is 10.8. The number of hydrogen-bond donors (Lipinski definition) is 0. The van der Waals surface area contributed by atoms with Crippen LogP contribution in [0.4, 0.5) is 0 Å². The van der Waals surface area contributed by atoms with Crippen LogP contribution in [0.3, 0.4) is 0 Å². The number of ketones is 1. The third-order valence-electron chi connectivity index (χ3n) is 5.16. The Morgan fingerprint density at radius 3 is 2.50 bits per heavy atom. The summed E-state index contributed by atoms with van der Waals surface area (Å²) in [6.07, 6.45) is 8.44. The van der Waals surface area contributed by atoms with Crippen molar-refractivity contribution in [1.29, 1.82) is 0 Å². The SMILES string of the molecule is CCCOCCCCOc1ccc(C(=O)CCN2CCCCC2)cc1CC.Cl. The zero-order valence-corrected chi connectivity index (χ0v) is 18.5. The van der Waals surface area contributed by atoms with Gasteiger partial charge in [0.1, 0.15) is 5.75 Å². The summed E-state index contributed by atoms with van der Waals surface area (Å²) in [6.45, 7) is 9.76. The number of hydrogen-bond acceptors (Lipinski definition) is 4. The zero-order chi connectivity index (χ0) is 19.3. The normalized spacial score (nSPS) is 14.5. The Hall–Kier alpha value is -1.10. The highest BCUT2D eigenvalue weighted by molar-refractivity contribution is 5.96. The lowest BCUT2D eigenvalue weighted by Gasteiger charge is -2.26. The van der Waals surface area contributed by atoms with Crippen LogP contribution in [0.5, 0.6) is 5.75 Å². The van der Waals surface area contributed by atoms with Gasteiger partial charge in [-0.3, -0.25) is 4.79 Å². The van der Waals surface area contributed by atoms with Crippen LogP contribution in [0, 0.1) is 0 Å². The number of nitrogens with zero attached hydrogens (tertiary/aromatic N) is 1. The number of carbonyl (C=O) groups is 1. The molecule has 160 valence electrons. The minimum atomic E-state index is 0. The van der Waals surface area contributed by atoms with E-state index in [1.165, 1.54) is 19.3 Å². The molecule has 1 aromatic rings. The summed E-state index contributed by atoms with van der Waals surface area (Å²) in [7, 11) is 0. The predicted octanol–water partition coefficient (Wildman–Crippen LogP) is 5.32. The van der Waals surface area contributed by atoms with E-state index in [1.54, 1.807) is 0 Å². The van der Waals surface area contributed by atoms with Gasteiger partial charge in [-0.15, -0.1) is 12.4 Å². The fourth-order valence-corrected chi connectivity index (χ4v) is 3.49. The van der Waals surface area contributed by atoms with Crippen molar-refractivity contribution < 1.29 is 14.3 Å². The molecule has 0 radical (unpaired) electrons. The van der Waals surface area contributed by atoms with Gasteiger partial charge in [0.05, 0.1) is 6.61 Å². The first kappa shape index (κ1) is 24.9. The summed E-state index contributed by atoms with van der Waals surface area (Å²) in [5.74, 6) is 1.16. The van der Waals surface area contributed by atoms with Gasteiger partial charge in [0.2, 0.25) is 0 Å². The molecule has 1 saturated heterocycles. The molecule has 2 rings (SSSR count). The van der Waals surface area contributed by atoms with Crippen molar-refractivity contribution in [3.63, 3.8) is 0 Å². The minimum Gasteiger partial charge on any atom is -0.493 e. The van der Waals surface area contributed by atoms with Gasteiger partial charge < -0.3 is 14.4 Å². The Kier molecular flexibility index (Phi) is 13.2. The van der Waals surface area contributed by atoms with E-state index in [-0.39, 0.29) is 18.2 Å². The third kappa shape index (κ3) is 8.93. The molecule has 0 unspecified atom stereocenters. The summed E-state index contributed by atoms with van der Waals surface area (Å²) in [6, 6.07) is 5.93. The van der Waals surface area contributed by atoms with Gasteiger partial charge in [-0.25, -0.2) is 0 Å². The van der Waals surface area contributed by atoms with Gasteiger partial charge >= 0.3 is 0 Å². The molecule has 1 aliphatic rings. The highest BCUT2D eigenvalue weighted by Crippen LogP contribution is 2.22. The van der Waals surface area contributed by atoms with Crippen molar-refractivity contribution in [1.82, 2.24) is 4.90 Å². The third-order valence-corrected chi connectivity index (χ3v) is 5.16. The van der Waals surface area contributed by atoms with E-state index in [0.29, 0.717) is 13.0 Å². The Bertz CT molecular complexity index is 559. The fourth-order valence-electron chi connectivity index (χ4n) is 3.49. The Labute approximate surface area is 177 Å². The van der Waals surface area contributed by atoms with E-state index in [0.717, 1.165) is 75.4 Å². The minimum absolute atomic E-state index is 0. The molecule has 1 aromatic carbocycles. The van der Waals surface area contributed by atoms with Gasteiger partial charge in [0, 0.05) is 31.7 Å². The van der Waals surface area contributed by atoms with Crippen LogP contribution in [-0.4, -0.2) is 50.1 Å². The van der Waals surface area contributed by atoms with Gasteiger partial charge in [0.25, 0.3) is 0 Å². The van der Waals surface area contributed by atoms with E-state index >= 15 is 0 Å². The van der Waals surface area contributed by atoms with Gasteiger partial charge in [-0.2, -0.15) is 0 Å². The summed E-state index contributed by atoms with van der Waals surface area (Å²) >= 11 is 0. The Balaban J connectivity index is 0.00000392. The second-order valence-electron chi connectivity index (χ2n) is 7.42. The van der Waals surface area contributed by atoms with Crippen molar-refractivity contribution >= 4 is 18.2 Å². The molecule has 0 bridgehead atoms. The predicted molar refractivity (Wildman–Crippen MR) is 118 cm³/mol. The second-order valence-corrected chi connectivity index (χ2v) is 7.42. The lowest BCUT2D eigenvalue weighted by atomic mass is 10.0. The number of ether oxygens (including phenoxy) is 2. The van der Waals surface area contributed by atoms with Crippen LogP contribution < -0.4 is 4.74 Å². The van der Waals surface area contributed by atoms with Crippen molar-refractivity contribution in [2.24, 2.45) is 0 Å². The molecular formula is C23H38ClNO3. The van der Waals surface area contributed by atoms with Crippen molar-refractivity contribution in [3.8, 4) is 5.75 Å². The quantitative estimate of drug-likeness (QED) is 0.325. The van der Waals surface area contributed by atoms with Gasteiger partial charge in [0.15, 0.2) is 5.78 Å². The van der Waals surface area contributed by atoms with E-state index in [1.807, 2.05) is 18.2 Å². The number of piperidine rings is 1. The van der Waals surface area contributed by atoms with E-state index in [4.69, 9.17) is 9.47 Å². The van der Waals surface area contributed by atoms with Gasteiger partial charge in [-0.05, 0) is 75.4 Å². The standard InChI is InChI=1S/C23H37NO3.ClH/c1-3-16-26-17-8-9-18-27-23-11-10-21(19-20(23)4-2)22(25)12-15-24-13-6-5-7-14-24;/h10-11,19H,3-9,12-18H2,1-2H3;1H. The average Bonchev–Trinajstić information content (AvgIpc) is 2.72. The molecule has 0 spiro atoms. The lowest BCUT2D eigenvalue weighted by Crippen LogP contribution is -2.31. The first-order chi connectivity index (χ1) is 13.2. The first-order valence-corrected chi connectivity index (χ1v) is 10.8. The molecule has 5 heteroatoms. The number of unbranched alkanes of at least 4 members (excludes halogenated alkanes) is 1. The smallest absolute Gasteiger partial charge is 0.164 e. The maximum absolute atomic E-state index is 12.6. The number of carbonyl (C=O) groups excluding carboxylic acids is 1. The number of aryl methyl sites for hydroxylation is 1. The van der Waals surface area contributed by atoms with E-state index in [9.17, 15) is 4.79 Å². The molecule has 0 atom stereocenters. The molecule has 4 nitrogen and oxygen atoms in total. The molecule has 1 fully saturated rings. The number of likely N-dealkylation sites (tertiary alicyclic amines) is 1. The molecule has 1 aliphatic heterocycles. The number of benzene rings is 1. The van der Waals surface area contributed by atoms with Crippen LogP contribution in [0.15, 0.2) is 18.2 Å². The van der Waals surface area contributed by atoms with Crippen molar-refractivity contribution in [3.05, 3.63) is 29.3 Å². The molecule has 1 heterocycles. The molecular weight excluding hydrogens is 374 g/mol.